The van der Waals surface area contributed by atoms with Crippen LogP contribution in [-0.4, -0.2) is 11.1 Å². The van der Waals surface area contributed by atoms with Crippen LogP contribution in [0.3, 0.4) is 0 Å². The summed E-state index contributed by atoms with van der Waals surface area (Å²) < 4.78 is 0. The van der Waals surface area contributed by atoms with E-state index < -0.39 is 5.97 Å². The van der Waals surface area contributed by atoms with Crippen LogP contribution in [-0.2, 0) is 4.79 Å². The van der Waals surface area contributed by atoms with E-state index in [0.29, 0.717) is 11.3 Å². The van der Waals surface area contributed by atoms with Crippen LogP contribution in [0.15, 0.2) is 12.2 Å². The monoisotopic (exact) mass is 286 g/mol. The highest BCUT2D eigenvalue weighted by Crippen LogP contribution is 2.83. The second kappa shape index (κ2) is 3.58. The standard InChI is InChI=1S/C19H26O2/c1-17(10-13-11-18(17)6-3-2-4-14(13)18)19-7-5-12(9-19)8-15(19)16(20)21/h5,7,12-15H,2-4,6,8-11H2,1H3,(H,20,21). The fourth-order valence-corrected chi connectivity index (χ4v) is 8.09. The highest BCUT2D eigenvalue weighted by Gasteiger charge is 2.77. The molecule has 0 heterocycles. The number of aliphatic carboxylic acids is 1. The Labute approximate surface area is 127 Å². The number of rotatable bonds is 2. The zero-order valence-corrected chi connectivity index (χ0v) is 13.0. The Kier molecular flexibility index (Phi) is 2.17. The van der Waals surface area contributed by atoms with Crippen LogP contribution in [0.2, 0.25) is 0 Å². The highest BCUT2D eigenvalue weighted by molar-refractivity contribution is 5.73. The number of carboxylic acid groups (broad SMARTS) is 1. The molecule has 0 saturated heterocycles. The van der Waals surface area contributed by atoms with Crippen LogP contribution >= 0.6 is 0 Å². The molecule has 4 bridgehead atoms. The van der Waals surface area contributed by atoms with Gasteiger partial charge in [-0.05, 0) is 67.1 Å². The van der Waals surface area contributed by atoms with E-state index in [4.69, 9.17) is 0 Å². The van der Waals surface area contributed by atoms with E-state index in [0.717, 1.165) is 24.7 Å². The Morgan fingerprint density at radius 2 is 2.10 bits per heavy atom. The summed E-state index contributed by atoms with van der Waals surface area (Å²) in [4.78, 5) is 11.9. The van der Waals surface area contributed by atoms with Crippen molar-refractivity contribution >= 4 is 5.97 Å². The zero-order valence-electron chi connectivity index (χ0n) is 13.0. The molecular weight excluding hydrogens is 260 g/mol. The maximum atomic E-state index is 11.9. The van der Waals surface area contributed by atoms with Crippen LogP contribution in [0.5, 0.6) is 0 Å². The van der Waals surface area contributed by atoms with E-state index >= 15 is 0 Å². The molecular formula is C19H26O2. The van der Waals surface area contributed by atoms with Crippen LogP contribution in [0.1, 0.15) is 58.3 Å². The Morgan fingerprint density at radius 3 is 2.86 bits per heavy atom. The van der Waals surface area contributed by atoms with Crippen LogP contribution in [0.4, 0.5) is 0 Å². The Bertz CT molecular complexity index is 552. The molecule has 6 aliphatic carbocycles. The number of carboxylic acids is 1. The Morgan fingerprint density at radius 1 is 1.24 bits per heavy atom. The van der Waals surface area contributed by atoms with Crippen molar-refractivity contribution in [2.45, 2.75) is 58.3 Å². The van der Waals surface area contributed by atoms with Gasteiger partial charge in [-0.15, -0.1) is 0 Å². The SMILES string of the molecule is CC1(C23C=CC(CC2C(=O)O)C3)CC2CC13CCCCC23. The average Bonchev–Trinajstić information content (AvgIpc) is 3.14. The molecule has 2 heteroatoms. The summed E-state index contributed by atoms with van der Waals surface area (Å²) in [5, 5.41) is 9.84. The molecule has 6 rings (SSSR count). The van der Waals surface area contributed by atoms with E-state index in [1.807, 2.05) is 0 Å². The van der Waals surface area contributed by atoms with Gasteiger partial charge in [0, 0.05) is 5.41 Å². The van der Waals surface area contributed by atoms with Gasteiger partial charge >= 0.3 is 5.97 Å². The molecule has 0 aromatic rings. The van der Waals surface area contributed by atoms with Crippen molar-refractivity contribution in [3.8, 4) is 0 Å². The molecule has 5 saturated carbocycles. The van der Waals surface area contributed by atoms with Crippen molar-refractivity contribution in [3.63, 3.8) is 0 Å². The van der Waals surface area contributed by atoms with E-state index in [9.17, 15) is 9.90 Å². The number of hydrogen-bond donors (Lipinski definition) is 1. The minimum atomic E-state index is -0.532. The molecule has 114 valence electrons. The third-order valence-corrected chi connectivity index (χ3v) is 8.81. The molecule has 0 aliphatic heterocycles. The molecule has 1 N–H and O–H groups in total. The third kappa shape index (κ3) is 1.15. The van der Waals surface area contributed by atoms with Crippen LogP contribution < -0.4 is 0 Å². The van der Waals surface area contributed by atoms with Gasteiger partial charge in [0.05, 0.1) is 5.92 Å². The normalized spacial score (nSPS) is 59.9. The smallest absolute Gasteiger partial charge is 0.307 e. The number of allylic oxidation sites excluding steroid dienone is 2. The first-order valence-corrected chi connectivity index (χ1v) is 8.95. The van der Waals surface area contributed by atoms with Gasteiger partial charge in [0.25, 0.3) is 0 Å². The van der Waals surface area contributed by atoms with Crippen molar-refractivity contribution < 1.29 is 9.90 Å². The maximum Gasteiger partial charge on any atom is 0.307 e. The van der Waals surface area contributed by atoms with Gasteiger partial charge in [0.15, 0.2) is 0 Å². The summed E-state index contributed by atoms with van der Waals surface area (Å²) in [5.74, 6) is 1.73. The molecule has 7 unspecified atom stereocenters. The first-order valence-electron chi connectivity index (χ1n) is 8.95. The first kappa shape index (κ1) is 12.7. The molecule has 21 heavy (non-hydrogen) atoms. The lowest BCUT2D eigenvalue weighted by Crippen LogP contribution is -2.55. The Balaban J connectivity index is 1.63. The maximum absolute atomic E-state index is 11.9. The largest absolute Gasteiger partial charge is 0.481 e. The van der Waals surface area contributed by atoms with Gasteiger partial charge in [-0.25, -0.2) is 0 Å². The third-order valence-electron chi connectivity index (χ3n) is 8.81. The number of fused-ring (bicyclic) bond motifs is 4. The van der Waals surface area contributed by atoms with Gasteiger partial charge in [0.1, 0.15) is 0 Å². The predicted molar refractivity (Wildman–Crippen MR) is 80.6 cm³/mol. The summed E-state index contributed by atoms with van der Waals surface area (Å²) in [5.41, 5.74) is 0.720. The molecule has 0 aromatic heterocycles. The lowest BCUT2D eigenvalue weighted by Gasteiger charge is -2.61. The van der Waals surface area contributed by atoms with E-state index in [2.05, 4.69) is 19.1 Å². The van der Waals surface area contributed by atoms with Gasteiger partial charge < -0.3 is 5.11 Å². The summed E-state index contributed by atoms with van der Waals surface area (Å²) in [6.45, 7) is 2.49. The lowest BCUT2D eigenvalue weighted by molar-refractivity contribution is -0.156. The summed E-state index contributed by atoms with van der Waals surface area (Å²) >= 11 is 0. The second-order valence-corrected chi connectivity index (χ2v) is 9.00. The van der Waals surface area contributed by atoms with Gasteiger partial charge in [-0.1, -0.05) is 31.9 Å². The van der Waals surface area contributed by atoms with Gasteiger partial charge in [-0.2, -0.15) is 0 Å². The minimum absolute atomic E-state index is 0.0235. The highest BCUT2D eigenvalue weighted by atomic mass is 16.4. The van der Waals surface area contributed by atoms with Gasteiger partial charge in [0.2, 0.25) is 0 Å². The van der Waals surface area contributed by atoms with E-state index in [1.165, 1.54) is 38.5 Å². The van der Waals surface area contributed by atoms with Crippen molar-refractivity contribution in [1.29, 1.82) is 0 Å². The summed E-state index contributed by atoms with van der Waals surface area (Å²) in [6.07, 6.45) is 15.0. The molecule has 5 fully saturated rings. The van der Waals surface area contributed by atoms with E-state index in [-0.39, 0.29) is 16.7 Å². The number of carbonyl (C=O) groups is 1. The summed E-state index contributed by atoms with van der Waals surface area (Å²) in [7, 11) is 0. The average molecular weight is 286 g/mol. The first-order chi connectivity index (χ1) is 10.0. The van der Waals surface area contributed by atoms with E-state index in [1.54, 1.807) is 0 Å². The topological polar surface area (TPSA) is 37.3 Å². The Hall–Kier alpha value is -0.790. The molecule has 7 atom stereocenters. The zero-order chi connectivity index (χ0) is 14.5. The van der Waals surface area contributed by atoms with Crippen molar-refractivity contribution in [3.05, 3.63) is 12.2 Å². The fraction of sp³-hybridized carbons (Fsp3) is 0.842. The second-order valence-electron chi connectivity index (χ2n) is 9.00. The van der Waals surface area contributed by atoms with Crippen LogP contribution in [0, 0.1) is 39.9 Å². The number of hydrogen-bond acceptors (Lipinski definition) is 1. The van der Waals surface area contributed by atoms with Gasteiger partial charge in [-0.3, -0.25) is 4.79 Å². The minimum Gasteiger partial charge on any atom is -0.481 e. The molecule has 0 aromatic carbocycles. The van der Waals surface area contributed by atoms with Crippen molar-refractivity contribution in [2.75, 3.05) is 0 Å². The van der Waals surface area contributed by atoms with Crippen molar-refractivity contribution in [2.24, 2.45) is 39.9 Å². The van der Waals surface area contributed by atoms with Crippen molar-refractivity contribution in [1.82, 2.24) is 0 Å². The molecule has 2 nitrogen and oxygen atoms in total. The lowest BCUT2D eigenvalue weighted by atomic mass is 9.43. The fourth-order valence-electron chi connectivity index (χ4n) is 8.09. The predicted octanol–water partition coefficient (Wildman–Crippen LogP) is 4.26. The molecule has 1 spiro atoms. The van der Waals surface area contributed by atoms with Crippen LogP contribution in [0.25, 0.3) is 0 Å². The quantitative estimate of drug-likeness (QED) is 0.770. The molecule has 0 radical (unpaired) electrons. The molecule has 6 aliphatic rings. The molecule has 0 amide bonds. The summed E-state index contributed by atoms with van der Waals surface area (Å²) in [6, 6.07) is 0.